The molecule has 5 heteroatoms. The van der Waals surface area contributed by atoms with Crippen molar-refractivity contribution in [3.8, 4) is 0 Å². The summed E-state index contributed by atoms with van der Waals surface area (Å²) >= 11 is 6.84. The highest BCUT2D eigenvalue weighted by Gasteiger charge is 2.20. The molecule has 0 atom stereocenters. The first kappa shape index (κ1) is 13.9. The van der Waals surface area contributed by atoms with Crippen molar-refractivity contribution in [2.45, 2.75) is 25.7 Å². The van der Waals surface area contributed by atoms with E-state index in [4.69, 9.17) is 0 Å². The first-order valence-electron chi connectivity index (χ1n) is 6.07. The summed E-state index contributed by atoms with van der Waals surface area (Å²) < 4.78 is 1.63. The van der Waals surface area contributed by atoms with Gasteiger partial charge >= 0.3 is 5.97 Å². The Kier molecular flexibility index (Phi) is 4.67. The zero-order valence-corrected chi connectivity index (χ0v) is 13.1. The fraction of sp³-hybridized carbons (Fsp3) is 0.462. The van der Waals surface area contributed by atoms with Gasteiger partial charge < -0.3 is 10.0 Å². The maximum absolute atomic E-state index is 11.4. The molecule has 1 N–H and O–H groups in total. The molecule has 0 aromatic heterocycles. The van der Waals surface area contributed by atoms with Gasteiger partial charge in [-0.1, -0.05) is 28.8 Å². The summed E-state index contributed by atoms with van der Waals surface area (Å²) in [5.41, 5.74) is 1.17. The molecule has 1 heterocycles. The predicted molar refractivity (Wildman–Crippen MR) is 79.5 cm³/mol. The zero-order valence-electron chi connectivity index (χ0n) is 9.96. The molecular weight excluding hydrogens is 362 g/mol. The molecule has 0 radical (unpaired) electrons. The van der Waals surface area contributed by atoms with E-state index in [-0.39, 0.29) is 0 Å². The Morgan fingerprint density at radius 3 is 2.28 bits per heavy atom. The lowest BCUT2D eigenvalue weighted by Gasteiger charge is -2.25. The molecule has 0 bridgehead atoms. The average Bonchev–Trinajstić information content (AvgIpc) is 2.56. The van der Waals surface area contributed by atoms with Gasteiger partial charge in [0.05, 0.1) is 11.3 Å². The van der Waals surface area contributed by atoms with E-state index in [2.05, 4.69) is 36.8 Å². The van der Waals surface area contributed by atoms with Crippen molar-refractivity contribution in [2.24, 2.45) is 0 Å². The van der Waals surface area contributed by atoms with Crippen LogP contribution in [0.5, 0.6) is 0 Å². The number of benzene rings is 1. The smallest absolute Gasteiger partial charge is 0.337 e. The molecular formula is C13H15Br2NO2. The minimum absolute atomic E-state index is 0.359. The van der Waals surface area contributed by atoms with E-state index in [1.165, 1.54) is 12.8 Å². The fourth-order valence-corrected chi connectivity index (χ4v) is 3.82. The second-order valence-electron chi connectivity index (χ2n) is 4.49. The number of carbonyl (C=O) groups is 1. The van der Waals surface area contributed by atoms with Gasteiger partial charge in [0.2, 0.25) is 0 Å². The number of carboxylic acids is 1. The Hall–Kier alpha value is -0.550. The zero-order chi connectivity index (χ0) is 13.1. The standard InChI is InChI=1S/C13H15Br2NO2/c14-9-7-10(13(17)18)12(11(15)8-9)16-5-3-1-2-4-6-16/h7-8H,1-6H2,(H,17,18). The molecule has 0 amide bonds. The summed E-state index contributed by atoms with van der Waals surface area (Å²) in [5.74, 6) is -0.878. The van der Waals surface area contributed by atoms with E-state index < -0.39 is 5.97 Å². The largest absolute Gasteiger partial charge is 0.478 e. The van der Waals surface area contributed by atoms with Crippen molar-refractivity contribution in [3.63, 3.8) is 0 Å². The normalized spacial score (nSPS) is 16.4. The highest BCUT2D eigenvalue weighted by molar-refractivity contribution is 9.11. The number of rotatable bonds is 2. The maximum atomic E-state index is 11.4. The third-order valence-electron chi connectivity index (χ3n) is 3.18. The minimum atomic E-state index is -0.878. The lowest BCUT2D eigenvalue weighted by molar-refractivity contribution is 0.0697. The van der Waals surface area contributed by atoms with Crippen LogP contribution in [0.15, 0.2) is 21.1 Å². The van der Waals surface area contributed by atoms with E-state index >= 15 is 0 Å². The van der Waals surface area contributed by atoms with Gasteiger partial charge in [-0.05, 0) is 40.9 Å². The van der Waals surface area contributed by atoms with Crippen LogP contribution >= 0.6 is 31.9 Å². The topological polar surface area (TPSA) is 40.5 Å². The molecule has 1 saturated heterocycles. The van der Waals surface area contributed by atoms with Crippen LogP contribution in [0, 0.1) is 0 Å². The number of nitrogens with zero attached hydrogens (tertiary/aromatic N) is 1. The van der Waals surface area contributed by atoms with E-state index in [9.17, 15) is 9.90 Å². The highest BCUT2D eigenvalue weighted by atomic mass is 79.9. The van der Waals surface area contributed by atoms with Crippen LogP contribution in [0.1, 0.15) is 36.0 Å². The second kappa shape index (κ2) is 6.06. The molecule has 0 unspecified atom stereocenters. The van der Waals surface area contributed by atoms with Crippen molar-refractivity contribution >= 4 is 43.5 Å². The third kappa shape index (κ3) is 3.06. The molecule has 3 nitrogen and oxygen atoms in total. The van der Waals surface area contributed by atoms with Crippen molar-refractivity contribution in [2.75, 3.05) is 18.0 Å². The number of halogens is 2. The molecule has 0 spiro atoms. The third-order valence-corrected chi connectivity index (χ3v) is 4.24. The van der Waals surface area contributed by atoms with Gasteiger partial charge in [-0.3, -0.25) is 0 Å². The van der Waals surface area contributed by atoms with Gasteiger partial charge in [0, 0.05) is 22.0 Å². The van der Waals surface area contributed by atoms with Crippen LogP contribution in [0.3, 0.4) is 0 Å². The Labute approximate surface area is 123 Å². The van der Waals surface area contributed by atoms with Gasteiger partial charge in [-0.15, -0.1) is 0 Å². The maximum Gasteiger partial charge on any atom is 0.337 e. The summed E-state index contributed by atoms with van der Waals surface area (Å²) in [6.07, 6.45) is 4.71. The molecule has 0 saturated carbocycles. The van der Waals surface area contributed by atoms with Crippen LogP contribution in [-0.2, 0) is 0 Å². The number of hydrogen-bond acceptors (Lipinski definition) is 2. The molecule has 0 aliphatic carbocycles. The summed E-state index contributed by atoms with van der Waals surface area (Å²) in [6.45, 7) is 1.86. The van der Waals surface area contributed by atoms with Gasteiger partial charge in [-0.2, -0.15) is 0 Å². The summed E-state index contributed by atoms with van der Waals surface area (Å²) in [4.78, 5) is 13.6. The monoisotopic (exact) mass is 375 g/mol. The van der Waals surface area contributed by atoms with E-state index in [0.717, 1.165) is 40.6 Å². The number of carboxylic acid groups (broad SMARTS) is 1. The molecule has 18 heavy (non-hydrogen) atoms. The molecule has 1 aliphatic heterocycles. The molecule has 2 rings (SSSR count). The fourth-order valence-electron chi connectivity index (χ4n) is 2.34. The van der Waals surface area contributed by atoms with Crippen LogP contribution < -0.4 is 4.90 Å². The second-order valence-corrected chi connectivity index (χ2v) is 6.26. The quantitative estimate of drug-likeness (QED) is 0.836. The summed E-state index contributed by atoms with van der Waals surface area (Å²) in [7, 11) is 0. The number of hydrogen-bond donors (Lipinski definition) is 1. The number of aromatic carboxylic acids is 1. The van der Waals surface area contributed by atoms with Crippen molar-refractivity contribution in [3.05, 3.63) is 26.6 Å². The SMILES string of the molecule is O=C(O)c1cc(Br)cc(Br)c1N1CCCCCC1. The van der Waals surface area contributed by atoms with Crippen molar-refractivity contribution in [1.82, 2.24) is 0 Å². The molecule has 1 aromatic rings. The molecule has 1 aromatic carbocycles. The Morgan fingerprint density at radius 2 is 1.72 bits per heavy atom. The van der Waals surface area contributed by atoms with Gasteiger partial charge in [0.15, 0.2) is 0 Å². The molecule has 98 valence electrons. The van der Waals surface area contributed by atoms with Crippen LogP contribution in [0.25, 0.3) is 0 Å². The van der Waals surface area contributed by atoms with Gasteiger partial charge in [0.25, 0.3) is 0 Å². The Balaban J connectivity index is 2.43. The van der Waals surface area contributed by atoms with Gasteiger partial charge in [0.1, 0.15) is 0 Å². The first-order chi connectivity index (χ1) is 8.59. The first-order valence-corrected chi connectivity index (χ1v) is 7.65. The van der Waals surface area contributed by atoms with Crippen LogP contribution in [-0.4, -0.2) is 24.2 Å². The summed E-state index contributed by atoms with van der Waals surface area (Å²) in [6, 6.07) is 3.58. The van der Waals surface area contributed by atoms with Crippen molar-refractivity contribution in [1.29, 1.82) is 0 Å². The van der Waals surface area contributed by atoms with Crippen LogP contribution in [0.2, 0.25) is 0 Å². The van der Waals surface area contributed by atoms with E-state index in [1.54, 1.807) is 6.07 Å². The van der Waals surface area contributed by atoms with Crippen molar-refractivity contribution < 1.29 is 9.90 Å². The van der Waals surface area contributed by atoms with E-state index in [1.807, 2.05) is 6.07 Å². The molecule has 1 fully saturated rings. The predicted octanol–water partition coefficient (Wildman–Crippen LogP) is 4.29. The average molecular weight is 377 g/mol. The lowest BCUT2D eigenvalue weighted by atomic mass is 10.1. The Bertz CT molecular complexity index is 455. The van der Waals surface area contributed by atoms with Crippen LogP contribution in [0.4, 0.5) is 5.69 Å². The number of anilines is 1. The summed E-state index contributed by atoms with van der Waals surface area (Å²) in [5, 5.41) is 9.35. The van der Waals surface area contributed by atoms with Gasteiger partial charge in [-0.25, -0.2) is 4.79 Å². The van der Waals surface area contributed by atoms with E-state index in [0.29, 0.717) is 5.56 Å². The highest BCUT2D eigenvalue weighted by Crippen LogP contribution is 2.35. The lowest BCUT2D eigenvalue weighted by Crippen LogP contribution is -2.26. The minimum Gasteiger partial charge on any atom is -0.478 e. The molecule has 1 aliphatic rings. The Morgan fingerprint density at radius 1 is 1.11 bits per heavy atom.